The average Bonchev–Trinajstić information content (AvgIpc) is 3.15. The van der Waals surface area contributed by atoms with Crippen molar-refractivity contribution in [1.29, 1.82) is 0 Å². The zero-order valence-electron chi connectivity index (χ0n) is 18.8. The summed E-state index contributed by atoms with van der Waals surface area (Å²) >= 11 is 9.42. The summed E-state index contributed by atoms with van der Waals surface area (Å²) in [5, 5.41) is 1.44. The van der Waals surface area contributed by atoms with E-state index in [1.807, 2.05) is 62.3 Å². The quantitative estimate of drug-likeness (QED) is 0.304. The van der Waals surface area contributed by atoms with Gasteiger partial charge in [-0.25, -0.2) is 4.98 Å². The first-order valence-corrected chi connectivity index (χ1v) is 12.3. The number of amides is 1. The molecule has 2 aromatic carbocycles. The second kappa shape index (κ2) is 12.7. The van der Waals surface area contributed by atoms with Crippen LogP contribution in [0.2, 0.25) is 5.02 Å². The Bertz CT molecular complexity index is 1030. The molecule has 0 saturated carbocycles. The number of methoxy groups -OCH3 is 1. The van der Waals surface area contributed by atoms with Crippen molar-refractivity contribution in [2.75, 3.05) is 44.9 Å². The Labute approximate surface area is 209 Å². The molecule has 0 N–H and O–H groups in total. The van der Waals surface area contributed by atoms with Gasteiger partial charge in [-0.1, -0.05) is 22.9 Å². The molecule has 0 spiro atoms. The van der Waals surface area contributed by atoms with Crippen LogP contribution >= 0.6 is 47.1 Å². The Balaban J connectivity index is 0.00000363. The zero-order valence-corrected chi connectivity index (χ0v) is 22.0. The van der Waals surface area contributed by atoms with E-state index in [2.05, 4.69) is 4.90 Å². The van der Waals surface area contributed by atoms with Gasteiger partial charge in [-0.2, -0.15) is 0 Å². The highest BCUT2D eigenvalue weighted by molar-refractivity contribution is 7.99. The molecule has 32 heavy (non-hydrogen) atoms. The number of ether oxygens (including phenoxy) is 1. The molecule has 0 saturated heterocycles. The fraction of sp³-hybridized carbons (Fsp3) is 0.391. The smallest absolute Gasteiger partial charge is 0.229 e. The highest BCUT2D eigenvalue weighted by Crippen LogP contribution is 2.33. The van der Waals surface area contributed by atoms with Crippen LogP contribution in [-0.4, -0.2) is 55.8 Å². The van der Waals surface area contributed by atoms with Gasteiger partial charge in [0, 0.05) is 28.6 Å². The summed E-state index contributed by atoms with van der Waals surface area (Å²) in [4.78, 5) is 23.0. The minimum absolute atomic E-state index is 0. The van der Waals surface area contributed by atoms with Crippen LogP contribution in [0.1, 0.15) is 18.4 Å². The van der Waals surface area contributed by atoms with Crippen molar-refractivity contribution in [3.05, 3.63) is 47.0 Å². The number of benzene rings is 2. The number of hydrogen-bond acceptors (Lipinski definition) is 6. The number of fused-ring (bicyclic) bond motifs is 1. The molecule has 0 fully saturated rings. The number of halogens is 2. The maximum absolute atomic E-state index is 13.2. The molecular weight excluding hydrogens is 485 g/mol. The summed E-state index contributed by atoms with van der Waals surface area (Å²) in [5.41, 5.74) is 1.95. The van der Waals surface area contributed by atoms with Gasteiger partial charge in [-0.05, 0) is 75.9 Å². The molecule has 174 valence electrons. The molecule has 0 unspecified atom stereocenters. The van der Waals surface area contributed by atoms with Crippen molar-refractivity contribution in [3.63, 3.8) is 0 Å². The van der Waals surface area contributed by atoms with E-state index >= 15 is 0 Å². The SMILES string of the molecule is COc1ccc(SCCC(=O)N(CCCN(C)C)c2nc3c(C)cc(Cl)cc3s2)cc1.Cl. The number of thioether (sulfide) groups is 1. The minimum atomic E-state index is 0. The van der Waals surface area contributed by atoms with E-state index in [9.17, 15) is 4.79 Å². The second-order valence-electron chi connectivity index (χ2n) is 7.54. The van der Waals surface area contributed by atoms with Gasteiger partial charge in [0.15, 0.2) is 5.13 Å². The molecule has 9 heteroatoms. The maximum Gasteiger partial charge on any atom is 0.229 e. The predicted octanol–water partition coefficient (Wildman–Crippen LogP) is 6.16. The van der Waals surface area contributed by atoms with Crippen molar-refractivity contribution < 1.29 is 9.53 Å². The molecule has 5 nitrogen and oxygen atoms in total. The number of rotatable bonds is 10. The Morgan fingerprint density at radius 1 is 1.19 bits per heavy atom. The van der Waals surface area contributed by atoms with E-state index < -0.39 is 0 Å². The Hall–Kier alpha value is -1.51. The highest BCUT2D eigenvalue weighted by Gasteiger charge is 2.20. The standard InChI is InChI=1S/C23H28ClN3O2S2.ClH/c1-16-14-17(24)15-20-22(16)25-23(31-20)27(12-5-11-26(2)3)21(28)10-13-30-19-8-6-18(29-4)7-9-19;/h6-9,14-15H,5,10-13H2,1-4H3;1H. The number of aromatic nitrogens is 1. The molecule has 1 aromatic heterocycles. The lowest BCUT2D eigenvalue weighted by molar-refractivity contribution is -0.118. The average molecular weight is 515 g/mol. The van der Waals surface area contributed by atoms with E-state index in [1.54, 1.807) is 18.9 Å². The highest BCUT2D eigenvalue weighted by atomic mass is 35.5. The summed E-state index contributed by atoms with van der Waals surface area (Å²) in [6, 6.07) is 11.7. The minimum Gasteiger partial charge on any atom is -0.497 e. The molecule has 1 heterocycles. The number of nitrogens with zero attached hydrogens (tertiary/aromatic N) is 3. The molecular formula is C23H29Cl2N3O2S2. The summed E-state index contributed by atoms with van der Waals surface area (Å²) in [5.74, 6) is 1.65. The van der Waals surface area contributed by atoms with Gasteiger partial charge in [0.2, 0.25) is 5.91 Å². The molecule has 3 aromatic rings. The molecule has 1 amide bonds. The molecule has 0 aliphatic heterocycles. The number of anilines is 1. The summed E-state index contributed by atoms with van der Waals surface area (Å²) < 4.78 is 6.21. The summed E-state index contributed by atoms with van der Waals surface area (Å²) in [6.07, 6.45) is 1.34. The van der Waals surface area contributed by atoms with Crippen molar-refractivity contribution in [2.24, 2.45) is 0 Å². The van der Waals surface area contributed by atoms with Crippen LogP contribution in [0.4, 0.5) is 5.13 Å². The molecule has 0 radical (unpaired) electrons. The first-order chi connectivity index (χ1) is 14.9. The second-order valence-corrected chi connectivity index (χ2v) is 10.2. The van der Waals surface area contributed by atoms with Crippen LogP contribution in [0.15, 0.2) is 41.3 Å². The van der Waals surface area contributed by atoms with Gasteiger partial charge in [-0.3, -0.25) is 9.69 Å². The van der Waals surface area contributed by atoms with Gasteiger partial charge >= 0.3 is 0 Å². The van der Waals surface area contributed by atoms with Crippen molar-refractivity contribution >= 4 is 68.4 Å². The van der Waals surface area contributed by atoms with Gasteiger partial charge in [0.05, 0.1) is 17.3 Å². The Kier molecular flexibility index (Phi) is 10.6. The van der Waals surface area contributed by atoms with E-state index in [0.29, 0.717) is 23.7 Å². The third kappa shape index (κ3) is 7.25. The molecule has 0 aliphatic carbocycles. The maximum atomic E-state index is 13.2. The van der Waals surface area contributed by atoms with Crippen LogP contribution in [0.25, 0.3) is 10.2 Å². The normalized spacial score (nSPS) is 10.9. The third-order valence-corrected chi connectivity index (χ3v) is 7.06. The van der Waals surface area contributed by atoms with Crippen molar-refractivity contribution in [1.82, 2.24) is 9.88 Å². The summed E-state index contributed by atoms with van der Waals surface area (Å²) in [7, 11) is 5.74. The predicted molar refractivity (Wildman–Crippen MR) is 140 cm³/mol. The Morgan fingerprint density at radius 3 is 2.56 bits per heavy atom. The number of hydrogen-bond donors (Lipinski definition) is 0. The first kappa shape index (κ1) is 26.7. The number of carbonyl (C=O) groups excluding carboxylic acids is 1. The molecule has 0 bridgehead atoms. The lowest BCUT2D eigenvalue weighted by Crippen LogP contribution is -2.33. The zero-order chi connectivity index (χ0) is 22.4. The number of aryl methyl sites for hydroxylation is 1. The van der Waals surface area contributed by atoms with Crippen LogP contribution in [0.3, 0.4) is 0 Å². The molecule has 0 aliphatic rings. The van der Waals surface area contributed by atoms with Gasteiger partial charge in [0.1, 0.15) is 5.75 Å². The summed E-state index contributed by atoms with van der Waals surface area (Å²) in [6.45, 7) is 3.57. The van der Waals surface area contributed by atoms with Gasteiger partial charge in [0.25, 0.3) is 0 Å². The van der Waals surface area contributed by atoms with Gasteiger partial charge in [-0.15, -0.1) is 24.2 Å². The fourth-order valence-electron chi connectivity index (χ4n) is 3.19. The van der Waals surface area contributed by atoms with Crippen molar-refractivity contribution in [2.45, 2.75) is 24.7 Å². The third-order valence-electron chi connectivity index (χ3n) is 4.80. The number of carbonyl (C=O) groups is 1. The largest absolute Gasteiger partial charge is 0.497 e. The van der Waals surface area contributed by atoms with Crippen LogP contribution in [0.5, 0.6) is 5.75 Å². The topological polar surface area (TPSA) is 45.7 Å². The monoisotopic (exact) mass is 513 g/mol. The van der Waals surface area contributed by atoms with Crippen LogP contribution < -0.4 is 9.64 Å². The molecule has 3 rings (SSSR count). The van der Waals surface area contributed by atoms with E-state index in [-0.39, 0.29) is 18.3 Å². The van der Waals surface area contributed by atoms with E-state index in [1.165, 1.54) is 11.3 Å². The van der Waals surface area contributed by atoms with Crippen molar-refractivity contribution in [3.8, 4) is 5.75 Å². The van der Waals surface area contributed by atoms with Crippen LogP contribution in [0, 0.1) is 6.92 Å². The number of thiazole rings is 1. The Morgan fingerprint density at radius 2 is 1.91 bits per heavy atom. The van der Waals surface area contributed by atoms with Gasteiger partial charge < -0.3 is 9.64 Å². The first-order valence-electron chi connectivity index (χ1n) is 10.2. The fourth-order valence-corrected chi connectivity index (χ4v) is 5.50. The van der Waals surface area contributed by atoms with Crippen LogP contribution in [-0.2, 0) is 4.79 Å². The lowest BCUT2D eigenvalue weighted by atomic mass is 10.2. The van der Waals surface area contributed by atoms with E-state index in [0.717, 1.165) is 44.5 Å². The van der Waals surface area contributed by atoms with E-state index in [4.69, 9.17) is 21.3 Å². The molecule has 0 atom stereocenters. The lowest BCUT2D eigenvalue weighted by Gasteiger charge is -2.21.